The molecule has 4 aromatic rings. The number of ether oxygens (including phenoxy) is 1. The van der Waals surface area contributed by atoms with Gasteiger partial charge in [-0.2, -0.15) is 0 Å². The first kappa shape index (κ1) is 25.7. The first-order valence-electron chi connectivity index (χ1n) is 11.9. The van der Waals surface area contributed by atoms with Gasteiger partial charge in [-0.3, -0.25) is 4.79 Å². The second kappa shape index (κ2) is 10.8. The number of halogens is 1. The molecule has 2 N–H and O–H groups in total. The monoisotopic (exact) mass is 559 g/mol. The third kappa shape index (κ3) is 5.80. The molecule has 4 heterocycles. The van der Waals surface area contributed by atoms with Crippen molar-refractivity contribution in [3.05, 3.63) is 51.4 Å². The number of carbonyl (C=O) groups excluding carboxylic acids is 1. The second-order valence-electron chi connectivity index (χ2n) is 9.19. The van der Waals surface area contributed by atoms with Crippen molar-refractivity contribution in [2.75, 3.05) is 13.1 Å². The SMILES string of the molecule is CC(C)N1CCC(NC(=O)c2cc3cc(OC(=O)O)ccc3n2Cc2nnc(-c3ccc(Cl)s3)s2)CC1. The number of benzene rings is 1. The smallest absolute Gasteiger partial charge is 0.449 e. The first-order chi connectivity index (χ1) is 17.8. The number of rotatable bonds is 7. The Morgan fingerprint density at radius 1 is 1.16 bits per heavy atom. The van der Waals surface area contributed by atoms with Gasteiger partial charge in [0.1, 0.15) is 16.5 Å². The molecular formula is C25H26ClN5O4S2. The van der Waals surface area contributed by atoms with Crippen LogP contribution in [0.15, 0.2) is 36.4 Å². The van der Waals surface area contributed by atoms with Crippen LogP contribution < -0.4 is 10.1 Å². The number of thiophene rings is 1. The van der Waals surface area contributed by atoms with Gasteiger partial charge in [-0.15, -0.1) is 21.5 Å². The maximum atomic E-state index is 13.5. The molecule has 0 saturated carbocycles. The molecule has 1 aliphatic rings. The van der Waals surface area contributed by atoms with E-state index in [9.17, 15) is 9.59 Å². The van der Waals surface area contributed by atoms with E-state index < -0.39 is 6.16 Å². The number of carbonyl (C=O) groups is 2. The zero-order valence-corrected chi connectivity index (χ0v) is 22.7. The number of piperidine rings is 1. The van der Waals surface area contributed by atoms with Crippen LogP contribution in [0.3, 0.4) is 0 Å². The third-order valence-electron chi connectivity index (χ3n) is 6.45. The van der Waals surface area contributed by atoms with Crippen LogP contribution in [0.5, 0.6) is 5.75 Å². The van der Waals surface area contributed by atoms with E-state index in [-0.39, 0.29) is 17.7 Å². The molecule has 0 unspecified atom stereocenters. The van der Waals surface area contributed by atoms with Gasteiger partial charge < -0.3 is 24.6 Å². The maximum absolute atomic E-state index is 13.5. The van der Waals surface area contributed by atoms with Crippen molar-refractivity contribution in [3.8, 4) is 15.6 Å². The Morgan fingerprint density at radius 2 is 1.95 bits per heavy atom. The van der Waals surface area contributed by atoms with Gasteiger partial charge in [-0.25, -0.2) is 4.79 Å². The molecule has 0 radical (unpaired) electrons. The maximum Gasteiger partial charge on any atom is 0.511 e. The van der Waals surface area contributed by atoms with Crippen molar-refractivity contribution in [2.24, 2.45) is 0 Å². The summed E-state index contributed by atoms with van der Waals surface area (Å²) in [6.07, 6.45) is 0.396. The highest BCUT2D eigenvalue weighted by Gasteiger charge is 2.25. The number of aromatic nitrogens is 3. The molecule has 37 heavy (non-hydrogen) atoms. The lowest BCUT2D eigenvalue weighted by atomic mass is 10.0. The second-order valence-corrected chi connectivity index (χ2v) is 12.0. The lowest BCUT2D eigenvalue weighted by Crippen LogP contribution is -2.46. The van der Waals surface area contributed by atoms with Crippen molar-refractivity contribution in [2.45, 2.75) is 45.3 Å². The fraction of sp³-hybridized carbons (Fsp3) is 0.360. The molecule has 194 valence electrons. The zero-order valence-electron chi connectivity index (χ0n) is 20.3. The fourth-order valence-corrected chi connectivity index (χ4v) is 6.49. The lowest BCUT2D eigenvalue weighted by Gasteiger charge is -2.34. The minimum atomic E-state index is -1.39. The number of fused-ring (bicyclic) bond motifs is 1. The van der Waals surface area contributed by atoms with E-state index in [4.69, 9.17) is 21.4 Å². The molecule has 1 amide bonds. The Bertz CT molecular complexity index is 1440. The zero-order chi connectivity index (χ0) is 26.1. The summed E-state index contributed by atoms with van der Waals surface area (Å²) in [6.45, 7) is 6.61. The van der Waals surface area contributed by atoms with Crippen LogP contribution in [0.25, 0.3) is 20.8 Å². The molecule has 0 spiro atoms. The van der Waals surface area contributed by atoms with Gasteiger partial charge in [0.05, 0.1) is 15.8 Å². The summed E-state index contributed by atoms with van der Waals surface area (Å²) in [5.41, 5.74) is 1.25. The summed E-state index contributed by atoms with van der Waals surface area (Å²) in [5, 5.41) is 23.1. The van der Waals surface area contributed by atoms with Gasteiger partial charge in [0.15, 0.2) is 5.01 Å². The Kier molecular flexibility index (Phi) is 7.47. The van der Waals surface area contributed by atoms with E-state index in [1.54, 1.807) is 24.3 Å². The molecule has 0 aliphatic carbocycles. The molecule has 0 atom stereocenters. The Hall–Kier alpha value is -2.99. The minimum Gasteiger partial charge on any atom is -0.449 e. The fourth-order valence-electron chi connectivity index (χ4n) is 4.57. The topological polar surface area (TPSA) is 110 Å². The quantitative estimate of drug-likeness (QED) is 0.224. The number of nitrogens with zero attached hydrogens (tertiary/aromatic N) is 4. The minimum absolute atomic E-state index is 0.0941. The highest BCUT2D eigenvalue weighted by molar-refractivity contribution is 7.23. The van der Waals surface area contributed by atoms with Crippen molar-refractivity contribution in [1.82, 2.24) is 25.0 Å². The summed E-state index contributed by atoms with van der Waals surface area (Å²) in [4.78, 5) is 27.9. The van der Waals surface area contributed by atoms with Gasteiger partial charge >= 0.3 is 6.16 Å². The molecule has 3 aromatic heterocycles. The molecule has 1 aliphatic heterocycles. The first-order valence-corrected chi connectivity index (χ1v) is 13.9. The molecule has 5 rings (SSSR count). The van der Waals surface area contributed by atoms with Gasteiger partial charge in [0.25, 0.3) is 5.91 Å². The molecule has 1 saturated heterocycles. The van der Waals surface area contributed by atoms with Crippen LogP contribution in [-0.4, -0.2) is 62.0 Å². The number of hydrogen-bond donors (Lipinski definition) is 2. The number of nitrogens with one attached hydrogen (secondary N) is 1. The number of amides is 1. The Labute approximate surface area is 226 Å². The van der Waals surface area contributed by atoms with Crippen LogP contribution in [0, 0.1) is 0 Å². The summed E-state index contributed by atoms with van der Waals surface area (Å²) >= 11 is 8.96. The summed E-state index contributed by atoms with van der Waals surface area (Å²) in [5.74, 6) is 0.0209. The van der Waals surface area contributed by atoms with Crippen molar-refractivity contribution >= 4 is 57.2 Å². The largest absolute Gasteiger partial charge is 0.511 e. The number of hydrogen-bond acceptors (Lipinski definition) is 8. The van der Waals surface area contributed by atoms with Crippen LogP contribution in [-0.2, 0) is 6.54 Å². The van der Waals surface area contributed by atoms with Crippen molar-refractivity contribution in [3.63, 3.8) is 0 Å². The third-order valence-corrected chi connectivity index (χ3v) is 8.76. The molecular weight excluding hydrogens is 534 g/mol. The molecule has 1 aromatic carbocycles. The van der Waals surface area contributed by atoms with Gasteiger partial charge in [0, 0.05) is 36.1 Å². The van der Waals surface area contributed by atoms with Gasteiger partial charge in [0.2, 0.25) is 0 Å². The standard InChI is InChI=1S/C25H26ClN5O4S2/c1-14(2)30-9-7-16(8-10-30)27-23(32)19-12-15-11-17(35-25(33)34)3-4-18(15)31(19)13-22-28-29-24(37-22)20-5-6-21(26)36-20/h3-6,11-12,14,16H,7-10,13H2,1-2H3,(H,27,32)(H,33,34). The number of carboxylic acid groups (broad SMARTS) is 1. The van der Waals surface area contributed by atoms with E-state index in [0.29, 0.717) is 28.0 Å². The van der Waals surface area contributed by atoms with E-state index >= 15 is 0 Å². The average Bonchev–Trinajstić information content (AvgIpc) is 3.58. The molecule has 9 nitrogen and oxygen atoms in total. The van der Waals surface area contributed by atoms with E-state index in [1.807, 2.05) is 16.7 Å². The summed E-state index contributed by atoms with van der Waals surface area (Å²) < 4.78 is 7.40. The normalized spacial score (nSPS) is 14.9. The van der Waals surface area contributed by atoms with Crippen LogP contribution >= 0.6 is 34.3 Å². The number of likely N-dealkylation sites (tertiary alicyclic amines) is 1. The highest BCUT2D eigenvalue weighted by atomic mass is 35.5. The van der Waals surface area contributed by atoms with E-state index in [1.165, 1.54) is 22.7 Å². The van der Waals surface area contributed by atoms with Crippen LogP contribution in [0.4, 0.5) is 4.79 Å². The van der Waals surface area contributed by atoms with Crippen LogP contribution in [0.1, 0.15) is 42.2 Å². The Morgan fingerprint density at radius 3 is 2.62 bits per heavy atom. The van der Waals surface area contributed by atoms with Crippen molar-refractivity contribution in [1.29, 1.82) is 0 Å². The lowest BCUT2D eigenvalue weighted by molar-refractivity contribution is 0.0892. The van der Waals surface area contributed by atoms with Gasteiger partial charge in [-0.1, -0.05) is 22.9 Å². The Balaban J connectivity index is 1.43. The van der Waals surface area contributed by atoms with E-state index in [2.05, 4.69) is 34.3 Å². The van der Waals surface area contributed by atoms with Crippen molar-refractivity contribution < 1.29 is 19.4 Å². The van der Waals surface area contributed by atoms with Crippen LogP contribution in [0.2, 0.25) is 4.34 Å². The predicted octanol–water partition coefficient (Wildman–Crippen LogP) is 5.58. The molecule has 1 fully saturated rings. The predicted molar refractivity (Wildman–Crippen MR) is 145 cm³/mol. The molecule has 12 heteroatoms. The molecule has 0 bridgehead atoms. The van der Waals surface area contributed by atoms with E-state index in [0.717, 1.165) is 46.3 Å². The summed E-state index contributed by atoms with van der Waals surface area (Å²) in [6, 6.07) is 11.0. The van der Waals surface area contributed by atoms with Gasteiger partial charge in [-0.05, 0) is 63.1 Å². The average molecular weight is 560 g/mol. The summed E-state index contributed by atoms with van der Waals surface area (Å²) in [7, 11) is 0. The highest BCUT2D eigenvalue weighted by Crippen LogP contribution is 2.34.